The van der Waals surface area contributed by atoms with Crippen LogP contribution in [-0.2, 0) is 14.3 Å². The summed E-state index contributed by atoms with van der Waals surface area (Å²) in [5.74, 6) is -0.745. The van der Waals surface area contributed by atoms with Crippen molar-refractivity contribution in [3.63, 3.8) is 0 Å². The zero-order valence-electron chi connectivity index (χ0n) is 13.5. The molecule has 0 unspecified atom stereocenters. The van der Waals surface area contributed by atoms with Crippen molar-refractivity contribution < 1.29 is 19.2 Å². The van der Waals surface area contributed by atoms with Crippen molar-refractivity contribution in [1.82, 2.24) is 0 Å². The van der Waals surface area contributed by atoms with Crippen molar-refractivity contribution in [3.05, 3.63) is 46.0 Å². The van der Waals surface area contributed by atoms with Crippen molar-refractivity contribution >= 4 is 23.5 Å². The SMILES string of the molecule is CC1(C)C(=O)O[C@@H](/C=C/c2cccc([N+](=O)[O-])c2)C(C)(C)C1=O. The molecule has 0 amide bonds. The van der Waals surface area contributed by atoms with Gasteiger partial charge in [-0.05, 0) is 39.3 Å². The second kappa shape index (κ2) is 5.61. The molecule has 1 saturated heterocycles. The van der Waals surface area contributed by atoms with Crippen LogP contribution in [0.1, 0.15) is 33.3 Å². The van der Waals surface area contributed by atoms with Gasteiger partial charge in [-0.2, -0.15) is 0 Å². The molecule has 0 N–H and O–H groups in total. The number of carbonyl (C=O) groups is 2. The standard InChI is InChI=1S/C17H19NO5/c1-16(2)13(23-15(20)17(3,4)14(16)19)9-8-11-6-5-7-12(10-11)18(21)22/h5-10,13H,1-4H3/b9-8+/t13-/m0/s1. The van der Waals surface area contributed by atoms with E-state index in [4.69, 9.17) is 4.74 Å². The Hall–Kier alpha value is -2.50. The van der Waals surface area contributed by atoms with Crippen molar-refractivity contribution in [3.8, 4) is 0 Å². The lowest BCUT2D eigenvalue weighted by Gasteiger charge is -2.41. The number of benzene rings is 1. The average Bonchev–Trinajstić information content (AvgIpc) is 2.49. The largest absolute Gasteiger partial charge is 0.456 e. The van der Waals surface area contributed by atoms with Crippen LogP contribution < -0.4 is 0 Å². The lowest BCUT2D eigenvalue weighted by atomic mass is 9.68. The summed E-state index contributed by atoms with van der Waals surface area (Å²) in [6.45, 7) is 6.57. The predicted molar refractivity (Wildman–Crippen MR) is 84.6 cm³/mol. The Balaban J connectivity index is 2.29. The normalized spacial score (nSPS) is 22.9. The molecule has 1 fully saturated rings. The summed E-state index contributed by atoms with van der Waals surface area (Å²) in [4.78, 5) is 34.8. The average molecular weight is 317 g/mol. The third kappa shape index (κ3) is 3.02. The molecule has 122 valence electrons. The molecule has 6 nitrogen and oxygen atoms in total. The first-order chi connectivity index (χ1) is 10.6. The van der Waals surface area contributed by atoms with E-state index in [9.17, 15) is 19.7 Å². The highest BCUT2D eigenvalue weighted by Gasteiger charge is 2.54. The Morgan fingerprint density at radius 3 is 2.48 bits per heavy atom. The van der Waals surface area contributed by atoms with Gasteiger partial charge < -0.3 is 4.74 Å². The summed E-state index contributed by atoms with van der Waals surface area (Å²) in [6.07, 6.45) is 2.51. The van der Waals surface area contributed by atoms with E-state index in [2.05, 4.69) is 0 Å². The molecule has 6 heteroatoms. The number of non-ortho nitro benzene ring substituents is 1. The van der Waals surface area contributed by atoms with Crippen molar-refractivity contribution in [1.29, 1.82) is 0 Å². The molecule has 0 radical (unpaired) electrons. The number of esters is 1. The number of nitrogens with zero attached hydrogens (tertiary/aromatic N) is 1. The van der Waals surface area contributed by atoms with Crippen LogP contribution in [0.4, 0.5) is 5.69 Å². The van der Waals surface area contributed by atoms with Gasteiger partial charge in [0.1, 0.15) is 11.5 Å². The first-order valence-electron chi connectivity index (χ1n) is 7.25. The van der Waals surface area contributed by atoms with E-state index in [1.54, 1.807) is 52.0 Å². The molecule has 2 rings (SSSR count). The van der Waals surface area contributed by atoms with Gasteiger partial charge in [-0.3, -0.25) is 19.7 Å². The van der Waals surface area contributed by atoms with Crippen molar-refractivity contribution in [2.75, 3.05) is 0 Å². The van der Waals surface area contributed by atoms with Crippen LogP contribution in [0.15, 0.2) is 30.3 Å². The molecule has 23 heavy (non-hydrogen) atoms. The lowest BCUT2D eigenvalue weighted by molar-refractivity contribution is -0.384. The number of Topliss-reactive ketones (excluding diaryl/α,β-unsaturated/α-hetero) is 1. The zero-order chi connectivity index (χ0) is 17.4. The van der Waals surface area contributed by atoms with E-state index < -0.39 is 27.8 Å². The summed E-state index contributed by atoms with van der Waals surface area (Å²) >= 11 is 0. The van der Waals surface area contributed by atoms with Gasteiger partial charge in [-0.1, -0.05) is 18.2 Å². The number of nitro benzene ring substituents is 1. The van der Waals surface area contributed by atoms with Crippen LogP contribution in [0.2, 0.25) is 0 Å². The van der Waals surface area contributed by atoms with Crippen molar-refractivity contribution in [2.45, 2.75) is 33.8 Å². The first kappa shape index (κ1) is 16.9. The number of ketones is 1. The first-order valence-corrected chi connectivity index (χ1v) is 7.25. The van der Waals surface area contributed by atoms with Gasteiger partial charge in [-0.15, -0.1) is 0 Å². The van der Waals surface area contributed by atoms with E-state index in [0.29, 0.717) is 5.56 Å². The highest BCUT2D eigenvalue weighted by molar-refractivity contribution is 6.07. The molecule has 0 saturated carbocycles. The molecule has 1 aliphatic rings. The van der Waals surface area contributed by atoms with E-state index in [-0.39, 0.29) is 11.5 Å². The van der Waals surface area contributed by atoms with Gasteiger partial charge in [0.05, 0.1) is 10.3 Å². The van der Waals surface area contributed by atoms with Gasteiger partial charge in [0.25, 0.3) is 5.69 Å². The summed E-state index contributed by atoms with van der Waals surface area (Å²) < 4.78 is 5.41. The molecule has 1 aliphatic heterocycles. The zero-order valence-corrected chi connectivity index (χ0v) is 13.5. The quantitative estimate of drug-likeness (QED) is 0.370. The number of ether oxygens (including phenoxy) is 1. The minimum atomic E-state index is -1.17. The van der Waals surface area contributed by atoms with Gasteiger partial charge in [0.15, 0.2) is 5.78 Å². The molecule has 0 spiro atoms. The van der Waals surface area contributed by atoms with Gasteiger partial charge in [-0.25, -0.2) is 0 Å². The van der Waals surface area contributed by atoms with Crippen LogP contribution in [0.3, 0.4) is 0 Å². The third-order valence-electron chi connectivity index (χ3n) is 4.15. The maximum atomic E-state index is 12.5. The van der Waals surface area contributed by atoms with Gasteiger partial charge >= 0.3 is 5.97 Å². The monoisotopic (exact) mass is 317 g/mol. The fourth-order valence-electron chi connectivity index (χ4n) is 2.66. The topological polar surface area (TPSA) is 86.5 Å². The molecular formula is C17H19NO5. The maximum absolute atomic E-state index is 12.5. The van der Waals surface area contributed by atoms with Crippen LogP contribution >= 0.6 is 0 Å². The fraction of sp³-hybridized carbons (Fsp3) is 0.412. The summed E-state index contributed by atoms with van der Waals surface area (Å²) in [5, 5.41) is 10.8. The van der Waals surface area contributed by atoms with Crippen molar-refractivity contribution in [2.24, 2.45) is 10.8 Å². The van der Waals surface area contributed by atoms with E-state index in [0.717, 1.165) is 0 Å². The van der Waals surface area contributed by atoms with Crippen LogP contribution in [0, 0.1) is 20.9 Å². The lowest BCUT2D eigenvalue weighted by Crippen LogP contribution is -2.55. The second-order valence-electron chi connectivity index (χ2n) is 6.71. The highest BCUT2D eigenvalue weighted by atomic mass is 16.6. The summed E-state index contributed by atoms with van der Waals surface area (Å²) in [5.41, 5.74) is -1.46. The third-order valence-corrected chi connectivity index (χ3v) is 4.15. The van der Waals surface area contributed by atoms with Crippen LogP contribution in [-0.4, -0.2) is 22.8 Å². The number of hydrogen-bond acceptors (Lipinski definition) is 5. The Labute approximate surface area is 134 Å². The molecular weight excluding hydrogens is 298 g/mol. The number of nitro groups is 1. The molecule has 1 atom stereocenters. The molecule has 1 aromatic rings. The van der Waals surface area contributed by atoms with Gasteiger partial charge in [0.2, 0.25) is 0 Å². The van der Waals surface area contributed by atoms with E-state index in [1.807, 2.05) is 0 Å². The Bertz CT molecular complexity index is 703. The molecule has 1 heterocycles. The fourth-order valence-corrected chi connectivity index (χ4v) is 2.66. The minimum Gasteiger partial charge on any atom is -0.456 e. The van der Waals surface area contributed by atoms with E-state index >= 15 is 0 Å². The number of rotatable bonds is 3. The molecule has 0 aliphatic carbocycles. The van der Waals surface area contributed by atoms with Crippen LogP contribution in [0.25, 0.3) is 6.08 Å². The second-order valence-corrected chi connectivity index (χ2v) is 6.71. The predicted octanol–water partition coefficient (Wildman–Crippen LogP) is 3.15. The Morgan fingerprint density at radius 1 is 1.22 bits per heavy atom. The number of cyclic esters (lactones) is 1. The summed E-state index contributed by atoms with van der Waals surface area (Å²) in [7, 11) is 0. The minimum absolute atomic E-state index is 0.0238. The molecule has 0 aromatic heterocycles. The number of carbonyl (C=O) groups excluding carboxylic acids is 2. The summed E-state index contributed by atoms with van der Waals surface area (Å²) in [6, 6.07) is 6.09. The van der Waals surface area contributed by atoms with Gasteiger partial charge in [0, 0.05) is 12.1 Å². The Kier molecular flexibility index (Phi) is 4.11. The smallest absolute Gasteiger partial charge is 0.319 e. The number of hydrogen-bond donors (Lipinski definition) is 0. The molecule has 0 bridgehead atoms. The Morgan fingerprint density at radius 2 is 1.87 bits per heavy atom. The van der Waals surface area contributed by atoms with Crippen LogP contribution in [0.5, 0.6) is 0 Å². The van der Waals surface area contributed by atoms with E-state index in [1.165, 1.54) is 12.1 Å². The molecule has 1 aromatic carbocycles. The highest BCUT2D eigenvalue weighted by Crippen LogP contribution is 2.40. The maximum Gasteiger partial charge on any atom is 0.319 e.